The molecule has 3 rings (SSSR count). The summed E-state index contributed by atoms with van der Waals surface area (Å²) < 4.78 is 1.79. The van der Waals surface area contributed by atoms with E-state index in [1.54, 1.807) is 17.1 Å². The maximum atomic E-state index is 4.53. The molecule has 2 aromatic heterocycles. The second-order valence-electron chi connectivity index (χ2n) is 4.25. The molecule has 2 aromatic rings. The average Bonchev–Trinajstić information content (AvgIpc) is 3.08. The van der Waals surface area contributed by atoms with E-state index in [9.17, 15) is 0 Å². The molecule has 88 valence electrons. The number of rotatable bonds is 4. The van der Waals surface area contributed by atoms with Gasteiger partial charge in [0, 0.05) is 18.7 Å². The van der Waals surface area contributed by atoms with Crippen molar-refractivity contribution >= 4 is 5.82 Å². The highest BCUT2D eigenvalue weighted by molar-refractivity contribution is 5.35. The van der Waals surface area contributed by atoms with E-state index in [2.05, 4.69) is 26.4 Å². The fourth-order valence-corrected chi connectivity index (χ4v) is 1.79. The molecule has 0 unspecified atom stereocenters. The minimum Gasteiger partial charge on any atom is -0.369 e. The Morgan fingerprint density at radius 1 is 1.41 bits per heavy atom. The molecule has 2 heterocycles. The Bertz CT molecular complexity index is 515. The van der Waals surface area contributed by atoms with Crippen molar-refractivity contribution in [3.8, 4) is 5.82 Å². The molecule has 0 bridgehead atoms. The number of aromatic nitrogens is 4. The van der Waals surface area contributed by atoms with E-state index >= 15 is 0 Å². The first kappa shape index (κ1) is 10.3. The molecule has 0 atom stereocenters. The zero-order valence-corrected chi connectivity index (χ0v) is 9.80. The molecule has 1 saturated carbocycles. The zero-order valence-electron chi connectivity index (χ0n) is 9.80. The van der Waals surface area contributed by atoms with Gasteiger partial charge in [-0.1, -0.05) is 0 Å². The molecule has 0 amide bonds. The normalized spacial score (nSPS) is 14.9. The predicted molar refractivity (Wildman–Crippen MR) is 65.3 cm³/mol. The summed E-state index contributed by atoms with van der Waals surface area (Å²) in [5, 5.41) is 7.67. The van der Waals surface area contributed by atoms with Crippen LogP contribution < -0.4 is 5.32 Å². The van der Waals surface area contributed by atoms with Gasteiger partial charge in [-0.3, -0.25) is 4.98 Å². The van der Waals surface area contributed by atoms with Gasteiger partial charge in [-0.2, -0.15) is 5.10 Å². The van der Waals surface area contributed by atoms with Crippen LogP contribution in [0.25, 0.3) is 5.82 Å². The topological polar surface area (TPSA) is 55.6 Å². The number of hydrogen-bond donors (Lipinski definition) is 1. The Morgan fingerprint density at radius 2 is 2.29 bits per heavy atom. The highest BCUT2D eigenvalue weighted by Gasteiger charge is 2.25. The summed E-state index contributed by atoms with van der Waals surface area (Å²) in [6.45, 7) is 2.87. The third-order valence-corrected chi connectivity index (χ3v) is 2.82. The predicted octanol–water partition coefficient (Wildman–Crippen LogP) is 1.97. The summed E-state index contributed by atoms with van der Waals surface area (Å²) in [7, 11) is 0. The molecule has 5 heteroatoms. The molecule has 1 aliphatic carbocycles. The number of hydrogen-bond acceptors (Lipinski definition) is 4. The van der Waals surface area contributed by atoms with Gasteiger partial charge in [0.2, 0.25) is 0 Å². The van der Waals surface area contributed by atoms with Crippen LogP contribution in [0.5, 0.6) is 0 Å². The third kappa shape index (κ3) is 2.13. The van der Waals surface area contributed by atoms with Crippen LogP contribution in [0.1, 0.15) is 31.4 Å². The molecule has 0 aromatic carbocycles. The minimum atomic E-state index is 0.668. The lowest BCUT2D eigenvalue weighted by molar-refractivity contribution is 0.806. The van der Waals surface area contributed by atoms with Gasteiger partial charge in [0.25, 0.3) is 0 Å². The molecule has 5 nitrogen and oxygen atoms in total. The first-order valence-corrected chi connectivity index (χ1v) is 5.98. The van der Waals surface area contributed by atoms with Crippen LogP contribution in [0.15, 0.2) is 24.7 Å². The van der Waals surface area contributed by atoms with Crippen molar-refractivity contribution in [1.29, 1.82) is 0 Å². The van der Waals surface area contributed by atoms with E-state index in [4.69, 9.17) is 0 Å². The Hall–Kier alpha value is -1.91. The summed E-state index contributed by atoms with van der Waals surface area (Å²) in [5.74, 6) is 2.21. The van der Waals surface area contributed by atoms with E-state index in [0.29, 0.717) is 5.92 Å². The Morgan fingerprint density at radius 3 is 3.06 bits per heavy atom. The standard InChI is InChI=1S/C12H15N5/c1-2-14-11-7-13-8-12(15-11)17-6-5-10(16-17)9-3-4-9/h5-9H,2-4H2,1H3,(H,14,15). The quantitative estimate of drug-likeness (QED) is 0.870. The van der Waals surface area contributed by atoms with Gasteiger partial charge in [-0.05, 0) is 25.8 Å². The first-order chi connectivity index (χ1) is 8.36. The van der Waals surface area contributed by atoms with Crippen molar-refractivity contribution in [1.82, 2.24) is 19.7 Å². The van der Waals surface area contributed by atoms with Crippen molar-refractivity contribution in [3.05, 3.63) is 30.4 Å². The molecule has 0 saturated heterocycles. The van der Waals surface area contributed by atoms with Gasteiger partial charge in [-0.15, -0.1) is 0 Å². The van der Waals surface area contributed by atoms with E-state index in [1.165, 1.54) is 18.5 Å². The lowest BCUT2D eigenvalue weighted by Crippen LogP contribution is -2.05. The zero-order chi connectivity index (χ0) is 11.7. The Labute approximate surface area is 99.9 Å². The van der Waals surface area contributed by atoms with Crippen LogP contribution in [0, 0.1) is 0 Å². The van der Waals surface area contributed by atoms with Gasteiger partial charge in [0.15, 0.2) is 5.82 Å². The first-order valence-electron chi connectivity index (χ1n) is 5.98. The van der Waals surface area contributed by atoms with Gasteiger partial charge < -0.3 is 5.32 Å². The fourth-order valence-electron chi connectivity index (χ4n) is 1.79. The van der Waals surface area contributed by atoms with Crippen LogP contribution in [0.3, 0.4) is 0 Å². The van der Waals surface area contributed by atoms with Crippen LogP contribution >= 0.6 is 0 Å². The molecule has 1 fully saturated rings. The number of nitrogens with one attached hydrogen (secondary N) is 1. The van der Waals surface area contributed by atoms with Crippen molar-refractivity contribution in [3.63, 3.8) is 0 Å². The molecule has 0 radical (unpaired) electrons. The summed E-state index contributed by atoms with van der Waals surface area (Å²) in [5.41, 5.74) is 1.17. The second kappa shape index (κ2) is 4.16. The van der Waals surface area contributed by atoms with E-state index in [0.717, 1.165) is 18.2 Å². The smallest absolute Gasteiger partial charge is 0.173 e. The second-order valence-corrected chi connectivity index (χ2v) is 4.25. The van der Waals surface area contributed by atoms with Gasteiger partial charge in [0.1, 0.15) is 5.82 Å². The van der Waals surface area contributed by atoms with Crippen LogP contribution in [0.4, 0.5) is 5.82 Å². The van der Waals surface area contributed by atoms with E-state index in [-0.39, 0.29) is 0 Å². The monoisotopic (exact) mass is 229 g/mol. The number of nitrogens with zero attached hydrogens (tertiary/aromatic N) is 4. The molecule has 1 aliphatic rings. The SMILES string of the molecule is CCNc1cncc(-n2ccc(C3CC3)n2)n1. The van der Waals surface area contributed by atoms with Crippen molar-refractivity contribution in [2.24, 2.45) is 0 Å². The van der Waals surface area contributed by atoms with Crippen LogP contribution in [-0.4, -0.2) is 26.3 Å². The molecule has 17 heavy (non-hydrogen) atoms. The average molecular weight is 229 g/mol. The van der Waals surface area contributed by atoms with Crippen LogP contribution in [0.2, 0.25) is 0 Å². The highest BCUT2D eigenvalue weighted by Crippen LogP contribution is 2.38. The lowest BCUT2D eigenvalue weighted by Gasteiger charge is -2.04. The lowest BCUT2D eigenvalue weighted by atomic mass is 10.3. The maximum absolute atomic E-state index is 4.53. The summed E-state index contributed by atoms with van der Waals surface area (Å²) in [6.07, 6.45) is 7.93. The summed E-state index contributed by atoms with van der Waals surface area (Å²) in [6, 6.07) is 2.07. The van der Waals surface area contributed by atoms with Gasteiger partial charge in [0.05, 0.1) is 18.1 Å². The van der Waals surface area contributed by atoms with Gasteiger partial charge in [-0.25, -0.2) is 9.67 Å². The van der Waals surface area contributed by atoms with Crippen molar-refractivity contribution in [2.75, 3.05) is 11.9 Å². The summed E-state index contributed by atoms with van der Waals surface area (Å²) in [4.78, 5) is 8.62. The van der Waals surface area contributed by atoms with E-state index < -0.39 is 0 Å². The van der Waals surface area contributed by atoms with Crippen LogP contribution in [-0.2, 0) is 0 Å². The molecule has 0 spiro atoms. The number of anilines is 1. The molecule has 1 N–H and O–H groups in total. The van der Waals surface area contributed by atoms with Crippen molar-refractivity contribution in [2.45, 2.75) is 25.7 Å². The minimum absolute atomic E-state index is 0.668. The largest absolute Gasteiger partial charge is 0.369 e. The Kier molecular flexibility index (Phi) is 2.51. The fraction of sp³-hybridized carbons (Fsp3) is 0.417. The Balaban J connectivity index is 1.88. The molecular weight excluding hydrogens is 214 g/mol. The molecular formula is C12H15N5. The molecule has 0 aliphatic heterocycles. The summed E-state index contributed by atoms with van der Waals surface area (Å²) >= 11 is 0. The van der Waals surface area contributed by atoms with Crippen molar-refractivity contribution < 1.29 is 0 Å². The third-order valence-electron chi connectivity index (χ3n) is 2.82. The van der Waals surface area contributed by atoms with E-state index in [1.807, 2.05) is 13.1 Å². The van der Waals surface area contributed by atoms with Gasteiger partial charge >= 0.3 is 0 Å². The highest BCUT2D eigenvalue weighted by atomic mass is 15.3. The maximum Gasteiger partial charge on any atom is 0.173 e.